The van der Waals surface area contributed by atoms with Crippen molar-refractivity contribution < 1.29 is 18.0 Å². The van der Waals surface area contributed by atoms with Gasteiger partial charge in [0.1, 0.15) is 0 Å². The van der Waals surface area contributed by atoms with Crippen molar-refractivity contribution in [2.24, 2.45) is 5.41 Å². The molecular weight excluding hydrogens is 337 g/mol. The third kappa shape index (κ3) is 3.94. The highest BCUT2D eigenvalue weighted by atomic mass is 79.9. The first-order chi connectivity index (χ1) is 8.94. The summed E-state index contributed by atoms with van der Waals surface area (Å²) < 4.78 is 40.4. The lowest BCUT2D eigenvalue weighted by atomic mass is 9.93. The molecule has 1 aromatic heterocycles. The fourth-order valence-electron chi connectivity index (χ4n) is 1.78. The Morgan fingerprint density at radius 2 is 1.85 bits per heavy atom. The number of carbonyl (C=O) groups excluding carboxylic acids is 1. The maximum Gasteiger partial charge on any atom is 0.414 e. The number of pyridine rings is 1. The third-order valence-corrected chi connectivity index (χ3v) is 3.16. The molecule has 112 valence electrons. The van der Waals surface area contributed by atoms with Crippen LogP contribution in [0, 0.1) is 5.41 Å². The molecule has 0 N–H and O–H groups in total. The van der Waals surface area contributed by atoms with Crippen molar-refractivity contribution in [1.29, 1.82) is 0 Å². The van der Waals surface area contributed by atoms with E-state index in [1.54, 1.807) is 20.8 Å². The number of halogens is 4. The van der Waals surface area contributed by atoms with Gasteiger partial charge in [-0.25, -0.2) is 0 Å². The van der Waals surface area contributed by atoms with Crippen LogP contribution in [-0.4, -0.2) is 29.0 Å². The van der Waals surface area contributed by atoms with Gasteiger partial charge in [0.05, 0.1) is 5.69 Å². The first-order valence-corrected chi connectivity index (χ1v) is 6.69. The normalized spacial score (nSPS) is 14.0. The highest BCUT2D eigenvalue weighted by molar-refractivity contribution is 9.10. The van der Waals surface area contributed by atoms with Gasteiger partial charge in [-0.1, -0.05) is 20.8 Å². The van der Waals surface area contributed by atoms with Crippen molar-refractivity contribution in [3.63, 3.8) is 0 Å². The molecule has 3 nitrogen and oxygen atoms in total. The Hall–Kier alpha value is -1.11. The lowest BCUT2D eigenvalue weighted by Gasteiger charge is -2.33. The molecule has 0 aliphatic rings. The Bertz CT molecular complexity index is 480. The molecular formula is C13H16BrF3N2O. The highest BCUT2D eigenvalue weighted by Crippen LogP contribution is 2.38. The quantitative estimate of drug-likeness (QED) is 0.807. The molecule has 0 radical (unpaired) electrons. The smallest absolute Gasteiger partial charge is 0.328 e. The zero-order valence-electron chi connectivity index (χ0n) is 11.6. The summed E-state index contributed by atoms with van der Waals surface area (Å²) in [6.07, 6.45) is -3.31. The number of alkyl halides is 3. The van der Waals surface area contributed by atoms with Gasteiger partial charge >= 0.3 is 6.18 Å². The van der Waals surface area contributed by atoms with E-state index in [0.29, 0.717) is 9.37 Å². The zero-order chi connectivity index (χ0) is 15.7. The van der Waals surface area contributed by atoms with Gasteiger partial charge in [-0.05, 0) is 28.1 Å². The van der Waals surface area contributed by atoms with Crippen LogP contribution in [-0.2, 0) is 4.79 Å². The molecule has 0 saturated carbocycles. The fraction of sp³-hybridized carbons (Fsp3) is 0.538. The Morgan fingerprint density at radius 3 is 2.20 bits per heavy atom. The van der Waals surface area contributed by atoms with E-state index >= 15 is 0 Å². The first-order valence-electron chi connectivity index (χ1n) is 5.90. The molecule has 1 unspecified atom stereocenters. The summed E-state index contributed by atoms with van der Waals surface area (Å²) >= 11 is 3.12. The van der Waals surface area contributed by atoms with E-state index in [-0.39, 0.29) is 5.69 Å². The summed E-state index contributed by atoms with van der Waals surface area (Å²) in [7, 11) is 1.15. The minimum atomic E-state index is -4.59. The number of carbonyl (C=O) groups is 1. The Kier molecular flexibility index (Phi) is 4.84. The van der Waals surface area contributed by atoms with Crippen LogP contribution in [0.3, 0.4) is 0 Å². The van der Waals surface area contributed by atoms with Crippen molar-refractivity contribution in [2.45, 2.75) is 33.0 Å². The summed E-state index contributed by atoms with van der Waals surface area (Å²) in [5.74, 6) is -0.593. The molecule has 1 rings (SSSR count). The van der Waals surface area contributed by atoms with Gasteiger partial charge < -0.3 is 4.90 Å². The summed E-state index contributed by atoms with van der Waals surface area (Å²) in [5, 5.41) is 0. The van der Waals surface area contributed by atoms with Crippen LogP contribution in [0.25, 0.3) is 0 Å². The first kappa shape index (κ1) is 16.9. The van der Waals surface area contributed by atoms with E-state index in [1.807, 2.05) is 0 Å². The fourth-order valence-corrected chi connectivity index (χ4v) is 2.02. The lowest BCUT2D eigenvalue weighted by molar-refractivity contribution is -0.192. The molecule has 1 amide bonds. The molecule has 0 bridgehead atoms. The largest absolute Gasteiger partial charge is 0.414 e. The van der Waals surface area contributed by atoms with Crippen molar-refractivity contribution in [3.05, 3.63) is 28.5 Å². The average molecular weight is 353 g/mol. The van der Waals surface area contributed by atoms with Crippen molar-refractivity contribution in [3.8, 4) is 0 Å². The summed E-state index contributed by atoms with van der Waals surface area (Å²) in [5.41, 5.74) is -1.10. The van der Waals surface area contributed by atoms with Crippen LogP contribution in [0.2, 0.25) is 0 Å². The monoisotopic (exact) mass is 352 g/mol. The molecule has 0 fully saturated rings. The molecule has 0 saturated heterocycles. The van der Waals surface area contributed by atoms with Crippen molar-refractivity contribution in [1.82, 2.24) is 9.88 Å². The van der Waals surface area contributed by atoms with E-state index in [9.17, 15) is 18.0 Å². The number of amides is 1. The molecule has 1 aromatic rings. The second kappa shape index (κ2) is 5.71. The van der Waals surface area contributed by atoms with Gasteiger partial charge in [0.25, 0.3) is 0 Å². The summed E-state index contributed by atoms with van der Waals surface area (Å²) in [6.45, 7) is 4.73. The van der Waals surface area contributed by atoms with Crippen LogP contribution in [0.4, 0.5) is 13.2 Å². The van der Waals surface area contributed by atoms with E-state index in [2.05, 4.69) is 20.9 Å². The van der Waals surface area contributed by atoms with Gasteiger partial charge in [0, 0.05) is 23.1 Å². The van der Waals surface area contributed by atoms with Crippen LogP contribution >= 0.6 is 15.9 Å². The maximum atomic E-state index is 13.3. The third-order valence-electron chi connectivity index (χ3n) is 2.69. The molecule has 7 heteroatoms. The van der Waals surface area contributed by atoms with Crippen molar-refractivity contribution >= 4 is 21.8 Å². The summed E-state index contributed by atoms with van der Waals surface area (Å²) in [6, 6.07) is 0.674. The topological polar surface area (TPSA) is 33.2 Å². The van der Waals surface area contributed by atoms with E-state index in [4.69, 9.17) is 0 Å². The van der Waals surface area contributed by atoms with Gasteiger partial charge in [0.2, 0.25) is 5.91 Å². The van der Waals surface area contributed by atoms with Gasteiger partial charge in [-0.15, -0.1) is 0 Å². The Balaban J connectivity index is 3.21. The number of aromatic nitrogens is 1. The molecule has 20 heavy (non-hydrogen) atoms. The molecule has 0 spiro atoms. The zero-order valence-corrected chi connectivity index (χ0v) is 13.2. The Labute approximate surface area is 124 Å². The van der Waals surface area contributed by atoms with Crippen LogP contribution in [0.5, 0.6) is 0 Å². The molecule has 0 aliphatic heterocycles. The second-order valence-electron chi connectivity index (χ2n) is 5.51. The molecule has 0 aliphatic carbocycles. The lowest BCUT2D eigenvalue weighted by Crippen LogP contribution is -2.44. The predicted octanol–water partition coefficient (Wildman–Crippen LogP) is 3.95. The SMILES string of the molecule is CN(C(=O)C(C)(C)C)C(c1ccc(Br)cn1)C(F)(F)F. The second-order valence-corrected chi connectivity index (χ2v) is 6.43. The van der Waals surface area contributed by atoms with Gasteiger partial charge in [-0.2, -0.15) is 13.2 Å². The number of hydrogen-bond donors (Lipinski definition) is 0. The van der Waals surface area contributed by atoms with Crippen LogP contribution < -0.4 is 0 Å². The van der Waals surface area contributed by atoms with Gasteiger partial charge in [-0.3, -0.25) is 9.78 Å². The minimum Gasteiger partial charge on any atom is -0.328 e. The number of rotatable bonds is 2. The Morgan fingerprint density at radius 1 is 1.30 bits per heavy atom. The molecule has 1 atom stereocenters. The van der Waals surface area contributed by atoms with Crippen LogP contribution in [0.15, 0.2) is 22.8 Å². The predicted molar refractivity (Wildman–Crippen MR) is 73.0 cm³/mol. The molecule has 1 heterocycles. The standard InChI is InChI=1S/C13H16BrF3N2O/c1-12(2,3)11(20)19(4)10(13(15,16)17)9-6-5-8(14)7-18-9/h5-7,10H,1-4H3. The van der Waals surface area contributed by atoms with E-state index < -0.39 is 23.5 Å². The number of nitrogens with zero attached hydrogens (tertiary/aromatic N) is 2. The molecule has 0 aromatic carbocycles. The average Bonchev–Trinajstić information content (AvgIpc) is 2.28. The van der Waals surface area contributed by atoms with E-state index in [1.165, 1.54) is 18.3 Å². The van der Waals surface area contributed by atoms with Crippen molar-refractivity contribution in [2.75, 3.05) is 7.05 Å². The van der Waals surface area contributed by atoms with E-state index in [0.717, 1.165) is 7.05 Å². The maximum absolute atomic E-state index is 13.3. The minimum absolute atomic E-state index is 0.208. The highest BCUT2D eigenvalue weighted by Gasteiger charge is 2.47. The van der Waals surface area contributed by atoms with Crippen LogP contribution in [0.1, 0.15) is 32.5 Å². The summed E-state index contributed by atoms with van der Waals surface area (Å²) in [4.78, 5) is 16.6. The van der Waals surface area contributed by atoms with Gasteiger partial charge in [0.15, 0.2) is 6.04 Å². The number of hydrogen-bond acceptors (Lipinski definition) is 2.